The average molecular weight is 328 g/mol. The zero-order chi connectivity index (χ0) is 16.3. The quantitative estimate of drug-likeness (QED) is 0.621. The van der Waals surface area contributed by atoms with Crippen LogP contribution in [0.1, 0.15) is 20.3 Å². The summed E-state index contributed by atoms with van der Waals surface area (Å²) >= 11 is 0. The lowest BCUT2D eigenvalue weighted by molar-refractivity contribution is -0.927. The van der Waals surface area contributed by atoms with Crippen LogP contribution in [0.3, 0.4) is 0 Å². The fraction of sp³-hybridized carbons (Fsp3) is 0.571. The minimum absolute atomic E-state index is 0.106. The zero-order valence-corrected chi connectivity index (χ0v) is 13.7. The van der Waals surface area contributed by atoms with Crippen LogP contribution in [-0.4, -0.2) is 49.9 Å². The number of nitrogens with zero attached hydrogens (tertiary/aromatic N) is 2. The summed E-state index contributed by atoms with van der Waals surface area (Å²) in [4.78, 5) is 11.6. The topological polar surface area (TPSA) is 85.0 Å². The summed E-state index contributed by atoms with van der Waals surface area (Å²) in [7, 11) is -3.56. The molecule has 2 rings (SSSR count). The molecule has 7 nitrogen and oxygen atoms in total. The van der Waals surface area contributed by atoms with Crippen LogP contribution >= 0.6 is 0 Å². The molecule has 0 amide bonds. The smallest absolute Gasteiger partial charge is 0.269 e. The van der Waals surface area contributed by atoms with Gasteiger partial charge in [0, 0.05) is 12.1 Å². The van der Waals surface area contributed by atoms with Crippen molar-refractivity contribution in [2.75, 3.05) is 26.2 Å². The zero-order valence-electron chi connectivity index (χ0n) is 12.9. The number of hydrogen-bond acceptors (Lipinski definition) is 4. The highest BCUT2D eigenvalue weighted by Crippen LogP contribution is 2.19. The van der Waals surface area contributed by atoms with Gasteiger partial charge in [-0.05, 0) is 25.5 Å². The molecular formula is C14H22N3O4S+. The number of quaternary nitrogens is 1. The van der Waals surface area contributed by atoms with Crippen molar-refractivity contribution < 1.29 is 18.2 Å². The Hall–Kier alpha value is -1.51. The molecular weight excluding hydrogens is 306 g/mol. The molecule has 1 N–H and O–H groups in total. The van der Waals surface area contributed by atoms with E-state index in [4.69, 9.17) is 0 Å². The Labute approximate surface area is 130 Å². The molecule has 8 heteroatoms. The van der Waals surface area contributed by atoms with Crippen molar-refractivity contribution in [3.8, 4) is 0 Å². The predicted octanol–water partition coefficient (Wildman–Crippen LogP) is 0.283. The molecule has 0 spiro atoms. The van der Waals surface area contributed by atoms with Crippen LogP contribution in [0.15, 0.2) is 29.2 Å². The molecule has 1 heterocycles. The summed E-state index contributed by atoms with van der Waals surface area (Å²) in [6.07, 6.45) is 1.07. The van der Waals surface area contributed by atoms with Gasteiger partial charge in [-0.1, -0.05) is 6.92 Å². The molecule has 122 valence electrons. The molecule has 0 saturated carbocycles. The summed E-state index contributed by atoms with van der Waals surface area (Å²) < 4.78 is 26.6. The molecule has 0 unspecified atom stereocenters. The largest absolute Gasteiger partial charge is 0.331 e. The summed E-state index contributed by atoms with van der Waals surface area (Å²) in [5, 5.41) is 10.6. The number of non-ortho nitro benzene ring substituents is 1. The van der Waals surface area contributed by atoms with Gasteiger partial charge in [0.1, 0.15) is 0 Å². The van der Waals surface area contributed by atoms with E-state index in [1.54, 1.807) is 0 Å². The molecule has 0 bridgehead atoms. The molecule has 1 fully saturated rings. The van der Waals surface area contributed by atoms with Gasteiger partial charge in [-0.3, -0.25) is 10.1 Å². The lowest BCUT2D eigenvalue weighted by Crippen LogP contribution is -3.17. The van der Waals surface area contributed by atoms with Crippen molar-refractivity contribution in [1.29, 1.82) is 0 Å². The van der Waals surface area contributed by atoms with Crippen molar-refractivity contribution in [3.05, 3.63) is 34.4 Å². The molecule has 1 aromatic carbocycles. The Morgan fingerprint density at radius 1 is 1.27 bits per heavy atom. The molecule has 1 atom stereocenters. The van der Waals surface area contributed by atoms with Crippen LogP contribution in [0.4, 0.5) is 5.69 Å². The fourth-order valence-electron chi connectivity index (χ4n) is 2.68. The number of nitro benzene ring substituents is 1. The third-order valence-electron chi connectivity index (χ3n) is 4.36. The number of sulfonamides is 1. The monoisotopic (exact) mass is 328 g/mol. The summed E-state index contributed by atoms with van der Waals surface area (Å²) in [6.45, 7) is 6.87. The van der Waals surface area contributed by atoms with Gasteiger partial charge < -0.3 is 4.90 Å². The highest BCUT2D eigenvalue weighted by molar-refractivity contribution is 7.89. The van der Waals surface area contributed by atoms with Gasteiger partial charge in [-0.15, -0.1) is 0 Å². The van der Waals surface area contributed by atoms with Crippen LogP contribution in [-0.2, 0) is 10.0 Å². The van der Waals surface area contributed by atoms with E-state index in [0.717, 1.165) is 19.5 Å². The maximum Gasteiger partial charge on any atom is 0.269 e. The molecule has 1 aliphatic heterocycles. The van der Waals surface area contributed by atoms with Crippen molar-refractivity contribution in [3.63, 3.8) is 0 Å². The Balaban J connectivity index is 2.10. The first kappa shape index (κ1) is 16.9. The summed E-state index contributed by atoms with van der Waals surface area (Å²) in [5.74, 6) is 0. The van der Waals surface area contributed by atoms with E-state index in [-0.39, 0.29) is 10.6 Å². The van der Waals surface area contributed by atoms with Gasteiger partial charge in [0.2, 0.25) is 10.0 Å². The third-order valence-corrected chi connectivity index (χ3v) is 6.27. The van der Waals surface area contributed by atoms with E-state index in [9.17, 15) is 18.5 Å². The van der Waals surface area contributed by atoms with Gasteiger partial charge >= 0.3 is 0 Å². The third kappa shape index (κ3) is 3.45. The van der Waals surface area contributed by atoms with Crippen LogP contribution in [0.2, 0.25) is 0 Å². The normalized spacial score (nSPS) is 19.0. The lowest BCUT2D eigenvalue weighted by Gasteiger charge is -2.34. The number of hydrogen-bond donors (Lipinski definition) is 1. The Kier molecular flexibility index (Phi) is 5.15. The van der Waals surface area contributed by atoms with Crippen LogP contribution < -0.4 is 4.90 Å². The van der Waals surface area contributed by atoms with Crippen molar-refractivity contribution in [1.82, 2.24) is 4.31 Å². The number of benzene rings is 1. The predicted molar refractivity (Wildman–Crippen MR) is 82.3 cm³/mol. The van der Waals surface area contributed by atoms with E-state index < -0.39 is 14.9 Å². The second kappa shape index (κ2) is 6.72. The van der Waals surface area contributed by atoms with Gasteiger partial charge in [0.15, 0.2) is 0 Å². The van der Waals surface area contributed by atoms with Crippen LogP contribution in [0.5, 0.6) is 0 Å². The molecule has 22 heavy (non-hydrogen) atoms. The highest BCUT2D eigenvalue weighted by Gasteiger charge is 2.31. The van der Waals surface area contributed by atoms with Crippen molar-refractivity contribution >= 4 is 15.7 Å². The molecule has 0 aliphatic carbocycles. The van der Waals surface area contributed by atoms with E-state index in [0.29, 0.717) is 19.1 Å². The van der Waals surface area contributed by atoms with E-state index in [1.165, 1.54) is 33.5 Å². The highest BCUT2D eigenvalue weighted by atomic mass is 32.2. The first-order valence-electron chi connectivity index (χ1n) is 7.45. The Morgan fingerprint density at radius 2 is 1.82 bits per heavy atom. The first-order valence-corrected chi connectivity index (χ1v) is 8.89. The maximum absolute atomic E-state index is 12.6. The number of piperazine rings is 1. The first-order chi connectivity index (χ1) is 10.4. The summed E-state index contributed by atoms with van der Waals surface area (Å²) in [5.41, 5.74) is -0.106. The average Bonchev–Trinajstić information content (AvgIpc) is 2.54. The Bertz CT molecular complexity index is 622. The number of nitrogens with one attached hydrogen (secondary N) is 1. The fourth-order valence-corrected chi connectivity index (χ4v) is 4.13. The van der Waals surface area contributed by atoms with Crippen LogP contribution in [0, 0.1) is 10.1 Å². The van der Waals surface area contributed by atoms with Crippen LogP contribution in [0.25, 0.3) is 0 Å². The second-order valence-corrected chi connectivity index (χ2v) is 7.56. The van der Waals surface area contributed by atoms with Crippen molar-refractivity contribution in [2.24, 2.45) is 0 Å². The minimum Gasteiger partial charge on any atom is -0.331 e. The van der Waals surface area contributed by atoms with Gasteiger partial charge in [0.05, 0.1) is 42.0 Å². The maximum atomic E-state index is 12.6. The molecule has 0 radical (unpaired) electrons. The van der Waals surface area contributed by atoms with Gasteiger partial charge in [-0.25, -0.2) is 8.42 Å². The summed E-state index contributed by atoms with van der Waals surface area (Å²) in [6, 6.07) is 5.60. The van der Waals surface area contributed by atoms with Gasteiger partial charge in [0.25, 0.3) is 5.69 Å². The van der Waals surface area contributed by atoms with Crippen molar-refractivity contribution in [2.45, 2.75) is 31.2 Å². The number of rotatable bonds is 5. The second-order valence-electron chi connectivity index (χ2n) is 5.62. The van der Waals surface area contributed by atoms with E-state index in [2.05, 4.69) is 13.8 Å². The molecule has 1 aliphatic rings. The van der Waals surface area contributed by atoms with E-state index >= 15 is 0 Å². The SMILES string of the molecule is CC[C@@H](C)[NH+]1CCN(S(=O)(=O)c2ccc([N+](=O)[O-])cc2)CC1. The minimum atomic E-state index is -3.56. The molecule has 0 aromatic heterocycles. The molecule has 1 saturated heterocycles. The standard InChI is InChI=1S/C14H21N3O4S/c1-3-12(2)15-8-10-16(11-9-15)22(20,21)14-6-4-13(5-7-14)17(18)19/h4-7,12H,3,8-11H2,1-2H3/p+1/t12-/m1/s1. The van der Waals surface area contributed by atoms with E-state index in [1.807, 2.05) is 0 Å². The lowest BCUT2D eigenvalue weighted by atomic mass is 10.2. The molecule has 1 aromatic rings. The van der Waals surface area contributed by atoms with Gasteiger partial charge in [-0.2, -0.15) is 4.31 Å². The Morgan fingerprint density at radius 3 is 2.27 bits per heavy atom. The number of nitro groups is 1.